The highest BCUT2D eigenvalue weighted by Crippen LogP contribution is 2.31. The number of methoxy groups -OCH3 is 2. The van der Waals surface area contributed by atoms with Gasteiger partial charge in [-0.25, -0.2) is 8.78 Å². The predicted octanol–water partition coefficient (Wildman–Crippen LogP) is 3.51. The Labute approximate surface area is 128 Å². The van der Waals surface area contributed by atoms with Crippen molar-refractivity contribution in [3.05, 3.63) is 53.1 Å². The minimum Gasteiger partial charge on any atom is -0.495 e. The first-order chi connectivity index (χ1) is 10.9. The van der Waals surface area contributed by atoms with Crippen molar-refractivity contribution in [1.82, 2.24) is 0 Å². The summed E-state index contributed by atoms with van der Waals surface area (Å²) in [7, 11) is 2.16. The van der Waals surface area contributed by atoms with Crippen LogP contribution in [0.15, 0.2) is 24.3 Å². The Morgan fingerprint density at radius 3 is 2.00 bits per heavy atom. The standard InChI is InChI=1S/C15H11F4NO3/c1-22-8-6-4-3-5-7(8)20-15(21)9-10(16)12(18)14(23-2)13(19)11(9)17/h3-6H,1-2H3,(H,20,21). The molecule has 23 heavy (non-hydrogen) atoms. The lowest BCUT2D eigenvalue weighted by atomic mass is 10.1. The maximum Gasteiger partial charge on any atom is 0.261 e. The average molecular weight is 329 g/mol. The SMILES string of the molecule is COc1ccccc1NC(=O)c1c(F)c(F)c(OC)c(F)c1F. The second kappa shape index (κ2) is 6.55. The van der Waals surface area contributed by atoms with Crippen LogP contribution in [0.25, 0.3) is 0 Å². The van der Waals surface area contributed by atoms with Gasteiger partial charge in [0, 0.05) is 0 Å². The Kier molecular flexibility index (Phi) is 4.73. The average Bonchev–Trinajstić information content (AvgIpc) is 2.54. The number of amides is 1. The topological polar surface area (TPSA) is 47.6 Å². The van der Waals surface area contributed by atoms with Crippen molar-refractivity contribution >= 4 is 11.6 Å². The Hall–Kier alpha value is -2.77. The molecule has 0 aliphatic carbocycles. The largest absolute Gasteiger partial charge is 0.495 e. The van der Waals surface area contributed by atoms with Crippen LogP contribution in [0.2, 0.25) is 0 Å². The fourth-order valence-corrected chi connectivity index (χ4v) is 1.92. The molecule has 0 heterocycles. The van der Waals surface area contributed by atoms with Crippen LogP contribution in [-0.2, 0) is 0 Å². The Bertz CT molecular complexity index is 736. The smallest absolute Gasteiger partial charge is 0.261 e. The molecule has 4 nitrogen and oxygen atoms in total. The highest BCUT2D eigenvalue weighted by Gasteiger charge is 2.30. The van der Waals surface area contributed by atoms with Gasteiger partial charge in [0.2, 0.25) is 11.6 Å². The maximum atomic E-state index is 13.9. The van der Waals surface area contributed by atoms with Gasteiger partial charge in [0.25, 0.3) is 5.91 Å². The van der Waals surface area contributed by atoms with Gasteiger partial charge in [0.1, 0.15) is 11.3 Å². The number of rotatable bonds is 4. The molecule has 8 heteroatoms. The fraction of sp³-hybridized carbons (Fsp3) is 0.133. The van der Waals surface area contributed by atoms with E-state index >= 15 is 0 Å². The summed E-state index contributed by atoms with van der Waals surface area (Å²) in [5.74, 6) is -9.70. The van der Waals surface area contributed by atoms with Crippen molar-refractivity contribution in [3.8, 4) is 11.5 Å². The van der Waals surface area contributed by atoms with Crippen LogP contribution >= 0.6 is 0 Å². The molecule has 0 saturated carbocycles. The summed E-state index contributed by atoms with van der Waals surface area (Å²) in [5, 5.41) is 2.13. The molecule has 0 unspecified atom stereocenters. The molecule has 0 saturated heterocycles. The molecule has 1 amide bonds. The third kappa shape index (κ3) is 2.92. The zero-order valence-corrected chi connectivity index (χ0v) is 12.0. The first kappa shape index (κ1) is 16.6. The quantitative estimate of drug-likeness (QED) is 0.690. The van der Waals surface area contributed by atoms with Crippen LogP contribution < -0.4 is 14.8 Å². The van der Waals surface area contributed by atoms with Gasteiger partial charge in [0.15, 0.2) is 17.4 Å². The van der Waals surface area contributed by atoms with Crippen molar-refractivity contribution in [2.24, 2.45) is 0 Å². The van der Waals surface area contributed by atoms with Crippen molar-refractivity contribution in [2.75, 3.05) is 19.5 Å². The predicted molar refractivity (Wildman–Crippen MR) is 73.8 cm³/mol. The van der Waals surface area contributed by atoms with E-state index < -0.39 is 40.5 Å². The van der Waals surface area contributed by atoms with E-state index in [0.717, 1.165) is 7.11 Å². The molecule has 1 N–H and O–H groups in total. The van der Waals surface area contributed by atoms with E-state index in [2.05, 4.69) is 10.1 Å². The Morgan fingerprint density at radius 1 is 0.913 bits per heavy atom. The van der Waals surface area contributed by atoms with Gasteiger partial charge in [-0.15, -0.1) is 0 Å². The number of anilines is 1. The Balaban J connectivity index is 2.48. The van der Waals surface area contributed by atoms with Gasteiger partial charge < -0.3 is 14.8 Å². The van der Waals surface area contributed by atoms with E-state index in [1.54, 1.807) is 6.07 Å². The highest BCUT2D eigenvalue weighted by atomic mass is 19.2. The minimum absolute atomic E-state index is 0.0791. The molecular formula is C15H11F4NO3. The zero-order valence-electron chi connectivity index (χ0n) is 12.0. The summed E-state index contributed by atoms with van der Waals surface area (Å²) in [5.41, 5.74) is -1.32. The number of hydrogen-bond donors (Lipinski definition) is 1. The molecule has 0 aromatic heterocycles. The molecule has 2 rings (SSSR count). The van der Waals surface area contributed by atoms with E-state index in [1.165, 1.54) is 25.3 Å². The number of nitrogens with one attached hydrogen (secondary N) is 1. The molecule has 0 bridgehead atoms. The lowest BCUT2D eigenvalue weighted by Crippen LogP contribution is -2.19. The first-order valence-corrected chi connectivity index (χ1v) is 6.26. The first-order valence-electron chi connectivity index (χ1n) is 6.26. The molecule has 0 aliphatic heterocycles. The van der Waals surface area contributed by atoms with Gasteiger partial charge in [-0.2, -0.15) is 8.78 Å². The second-order valence-corrected chi connectivity index (χ2v) is 4.32. The third-order valence-corrected chi connectivity index (χ3v) is 3.01. The fourth-order valence-electron chi connectivity index (χ4n) is 1.92. The molecule has 0 radical (unpaired) electrons. The van der Waals surface area contributed by atoms with Gasteiger partial charge in [-0.3, -0.25) is 4.79 Å². The third-order valence-electron chi connectivity index (χ3n) is 3.01. The summed E-state index contributed by atoms with van der Waals surface area (Å²) in [6.45, 7) is 0. The number of carbonyl (C=O) groups excluding carboxylic acids is 1. The summed E-state index contributed by atoms with van der Waals surface area (Å²) >= 11 is 0. The molecule has 0 aliphatic rings. The van der Waals surface area contributed by atoms with Crippen LogP contribution in [0, 0.1) is 23.3 Å². The van der Waals surface area contributed by atoms with E-state index in [1.807, 2.05) is 0 Å². The second-order valence-electron chi connectivity index (χ2n) is 4.32. The molecule has 0 fully saturated rings. The molecule has 2 aromatic rings. The number of para-hydroxylation sites is 2. The van der Waals surface area contributed by atoms with Crippen LogP contribution in [0.3, 0.4) is 0 Å². The molecule has 2 aromatic carbocycles. The number of hydrogen-bond acceptors (Lipinski definition) is 3. The van der Waals surface area contributed by atoms with Crippen molar-refractivity contribution in [1.29, 1.82) is 0 Å². The zero-order chi connectivity index (χ0) is 17.1. The van der Waals surface area contributed by atoms with Gasteiger partial charge in [0.05, 0.1) is 19.9 Å². The number of halogens is 4. The number of benzene rings is 2. The summed E-state index contributed by atoms with van der Waals surface area (Å²) in [6.07, 6.45) is 0. The van der Waals surface area contributed by atoms with Gasteiger partial charge in [-0.05, 0) is 12.1 Å². The van der Waals surface area contributed by atoms with Crippen molar-refractivity contribution in [3.63, 3.8) is 0 Å². The maximum absolute atomic E-state index is 13.9. The van der Waals surface area contributed by atoms with Gasteiger partial charge in [-0.1, -0.05) is 12.1 Å². The van der Waals surface area contributed by atoms with Crippen molar-refractivity contribution < 1.29 is 31.8 Å². The van der Waals surface area contributed by atoms with Crippen LogP contribution in [0.4, 0.5) is 23.2 Å². The lowest BCUT2D eigenvalue weighted by molar-refractivity contribution is 0.101. The minimum atomic E-state index is -1.85. The molecule has 0 atom stereocenters. The molecular weight excluding hydrogens is 318 g/mol. The number of carbonyl (C=O) groups is 1. The van der Waals surface area contributed by atoms with Crippen LogP contribution in [0.5, 0.6) is 11.5 Å². The van der Waals surface area contributed by atoms with Crippen LogP contribution in [-0.4, -0.2) is 20.1 Å². The van der Waals surface area contributed by atoms with Crippen molar-refractivity contribution in [2.45, 2.75) is 0 Å². The van der Waals surface area contributed by atoms with E-state index in [0.29, 0.717) is 0 Å². The molecule has 0 spiro atoms. The van der Waals surface area contributed by atoms with E-state index in [4.69, 9.17) is 4.74 Å². The lowest BCUT2D eigenvalue weighted by Gasteiger charge is -2.13. The van der Waals surface area contributed by atoms with Gasteiger partial charge >= 0.3 is 0 Å². The number of ether oxygens (including phenoxy) is 2. The summed E-state index contributed by atoms with van der Waals surface area (Å²) in [4.78, 5) is 12.0. The van der Waals surface area contributed by atoms with E-state index in [9.17, 15) is 22.4 Å². The molecule has 122 valence electrons. The van der Waals surface area contributed by atoms with E-state index in [-0.39, 0.29) is 11.4 Å². The summed E-state index contributed by atoms with van der Waals surface area (Å²) in [6, 6.07) is 6.00. The summed E-state index contributed by atoms with van der Waals surface area (Å²) < 4.78 is 64.2. The van der Waals surface area contributed by atoms with Crippen LogP contribution in [0.1, 0.15) is 10.4 Å². The normalized spacial score (nSPS) is 10.3. The monoisotopic (exact) mass is 329 g/mol. The Morgan fingerprint density at radius 2 is 1.48 bits per heavy atom. The highest BCUT2D eigenvalue weighted by molar-refractivity contribution is 6.05.